The van der Waals surface area contributed by atoms with Gasteiger partial charge in [-0.1, -0.05) is 40.9 Å². The topological polar surface area (TPSA) is 29.1 Å². The first-order valence-corrected chi connectivity index (χ1v) is 7.54. The van der Waals surface area contributed by atoms with E-state index in [1.807, 2.05) is 6.92 Å². The minimum absolute atomic E-state index is 0.339. The highest BCUT2D eigenvalue weighted by Gasteiger charge is 2.15. The lowest BCUT2D eigenvalue weighted by Gasteiger charge is -2.12. The second-order valence-corrected chi connectivity index (χ2v) is 6.21. The molecule has 0 spiro atoms. The molecule has 104 valence electrons. The molecular weight excluding hydrogens is 384 g/mol. The molecular formula is C14H9BrCl3NO. The van der Waals surface area contributed by atoms with E-state index >= 15 is 0 Å². The van der Waals surface area contributed by atoms with Gasteiger partial charge in [0.1, 0.15) is 0 Å². The fourth-order valence-corrected chi connectivity index (χ4v) is 2.69. The molecule has 0 saturated carbocycles. The number of anilines is 1. The maximum Gasteiger partial charge on any atom is 0.256 e. The first-order valence-electron chi connectivity index (χ1n) is 5.61. The number of rotatable bonds is 2. The van der Waals surface area contributed by atoms with Gasteiger partial charge in [0.05, 0.1) is 21.3 Å². The summed E-state index contributed by atoms with van der Waals surface area (Å²) in [6.45, 7) is 1.84. The fraction of sp³-hybridized carbons (Fsp3) is 0.0714. The molecule has 0 bridgehead atoms. The minimum atomic E-state index is -0.339. The molecule has 0 heterocycles. The standard InChI is InChI=1S/C14H9BrCl3NO/c1-7-2-5-11(17)13(12(7)18)19-14(20)9-6-8(16)3-4-10(9)15/h2-6H,1H3,(H,19,20). The average molecular weight is 393 g/mol. The number of halogens is 4. The molecule has 2 aromatic rings. The molecule has 2 aromatic carbocycles. The van der Waals surface area contributed by atoms with Crippen LogP contribution in [0.2, 0.25) is 15.1 Å². The molecule has 0 fully saturated rings. The molecule has 0 aliphatic carbocycles. The van der Waals surface area contributed by atoms with Crippen LogP contribution in [0, 0.1) is 6.92 Å². The van der Waals surface area contributed by atoms with E-state index < -0.39 is 0 Å². The van der Waals surface area contributed by atoms with Gasteiger partial charge in [0.15, 0.2) is 0 Å². The van der Waals surface area contributed by atoms with Crippen molar-refractivity contribution in [3.63, 3.8) is 0 Å². The SMILES string of the molecule is Cc1ccc(Cl)c(NC(=O)c2cc(Cl)ccc2Br)c1Cl. The highest BCUT2D eigenvalue weighted by Crippen LogP contribution is 2.33. The van der Waals surface area contributed by atoms with Gasteiger partial charge >= 0.3 is 0 Å². The first kappa shape index (κ1) is 15.6. The van der Waals surface area contributed by atoms with E-state index in [0.29, 0.717) is 30.8 Å². The highest BCUT2D eigenvalue weighted by atomic mass is 79.9. The van der Waals surface area contributed by atoms with Gasteiger partial charge in [0, 0.05) is 9.50 Å². The zero-order valence-electron chi connectivity index (χ0n) is 10.3. The Kier molecular flexibility index (Phi) is 4.97. The van der Waals surface area contributed by atoms with Crippen molar-refractivity contribution in [2.24, 2.45) is 0 Å². The molecule has 1 amide bonds. The van der Waals surface area contributed by atoms with E-state index in [1.54, 1.807) is 30.3 Å². The van der Waals surface area contributed by atoms with E-state index in [2.05, 4.69) is 21.2 Å². The quantitative estimate of drug-likeness (QED) is 0.669. The van der Waals surface area contributed by atoms with Gasteiger partial charge in [-0.3, -0.25) is 4.79 Å². The van der Waals surface area contributed by atoms with Gasteiger partial charge in [-0.15, -0.1) is 0 Å². The molecule has 20 heavy (non-hydrogen) atoms. The lowest BCUT2D eigenvalue weighted by Crippen LogP contribution is -2.13. The third kappa shape index (κ3) is 3.29. The Labute approximate surface area is 140 Å². The number of amides is 1. The molecule has 1 N–H and O–H groups in total. The minimum Gasteiger partial charge on any atom is -0.319 e. The van der Waals surface area contributed by atoms with E-state index in [-0.39, 0.29) is 5.91 Å². The number of nitrogens with one attached hydrogen (secondary N) is 1. The molecule has 0 aliphatic heterocycles. The number of carbonyl (C=O) groups is 1. The monoisotopic (exact) mass is 391 g/mol. The second-order valence-electron chi connectivity index (χ2n) is 4.13. The Morgan fingerprint density at radius 2 is 1.85 bits per heavy atom. The van der Waals surface area contributed by atoms with Gasteiger partial charge < -0.3 is 5.32 Å². The summed E-state index contributed by atoms with van der Waals surface area (Å²) in [4.78, 5) is 12.3. The van der Waals surface area contributed by atoms with E-state index in [1.165, 1.54) is 0 Å². The normalized spacial score (nSPS) is 10.4. The summed E-state index contributed by atoms with van der Waals surface area (Å²) in [6.07, 6.45) is 0. The van der Waals surface area contributed by atoms with Crippen molar-refractivity contribution in [3.05, 3.63) is 61.0 Å². The summed E-state index contributed by atoms with van der Waals surface area (Å²) in [5, 5.41) is 3.99. The van der Waals surface area contributed by atoms with Crippen molar-refractivity contribution in [1.82, 2.24) is 0 Å². The predicted octanol–water partition coefficient (Wildman–Crippen LogP) is 5.97. The maximum atomic E-state index is 12.3. The van der Waals surface area contributed by atoms with Gasteiger partial charge in [-0.05, 0) is 52.7 Å². The van der Waals surface area contributed by atoms with Crippen molar-refractivity contribution in [3.8, 4) is 0 Å². The molecule has 0 saturated heterocycles. The van der Waals surface area contributed by atoms with Crippen molar-refractivity contribution in [1.29, 1.82) is 0 Å². The van der Waals surface area contributed by atoms with E-state index in [9.17, 15) is 4.79 Å². The zero-order valence-corrected chi connectivity index (χ0v) is 14.2. The van der Waals surface area contributed by atoms with Crippen molar-refractivity contribution >= 4 is 62.3 Å². The second kappa shape index (κ2) is 6.35. The predicted molar refractivity (Wildman–Crippen MR) is 88.3 cm³/mol. The van der Waals surface area contributed by atoms with Gasteiger partial charge in [-0.25, -0.2) is 0 Å². The molecule has 0 aliphatic rings. The van der Waals surface area contributed by atoms with Crippen LogP contribution in [0.3, 0.4) is 0 Å². The van der Waals surface area contributed by atoms with Crippen LogP contribution in [0.4, 0.5) is 5.69 Å². The largest absolute Gasteiger partial charge is 0.319 e. The zero-order chi connectivity index (χ0) is 14.9. The first-order chi connectivity index (χ1) is 9.40. The molecule has 2 rings (SSSR count). The Hall–Kier alpha value is -0.740. The number of carbonyl (C=O) groups excluding carboxylic acids is 1. The highest BCUT2D eigenvalue weighted by molar-refractivity contribution is 9.10. The van der Waals surface area contributed by atoms with Crippen LogP contribution >= 0.6 is 50.7 Å². The Morgan fingerprint density at radius 1 is 1.15 bits per heavy atom. The summed E-state index contributed by atoms with van der Waals surface area (Å²) in [6, 6.07) is 8.44. The fourth-order valence-electron chi connectivity index (χ4n) is 1.62. The van der Waals surface area contributed by atoms with Crippen LogP contribution in [-0.2, 0) is 0 Å². The van der Waals surface area contributed by atoms with Crippen LogP contribution in [0.25, 0.3) is 0 Å². The van der Waals surface area contributed by atoms with Crippen molar-refractivity contribution in [2.45, 2.75) is 6.92 Å². The van der Waals surface area contributed by atoms with Gasteiger partial charge in [0.25, 0.3) is 5.91 Å². The summed E-state index contributed by atoms with van der Waals surface area (Å²) in [7, 11) is 0. The summed E-state index contributed by atoms with van der Waals surface area (Å²) in [5.41, 5.74) is 1.63. The third-order valence-electron chi connectivity index (χ3n) is 2.70. The molecule has 0 aromatic heterocycles. The number of benzene rings is 2. The van der Waals surface area contributed by atoms with E-state index in [4.69, 9.17) is 34.8 Å². The molecule has 6 heteroatoms. The van der Waals surface area contributed by atoms with E-state index in [0.717, 1.165) is 5.56 Å². The summed E-state index contributed by atoms with van der Waals surface area (Å²) < 4.78 is 0.638. The number of hydrogen-bond donors (Lipinski definition) is 1. The molecule has 0 unspecified atom stereocenters. The maximum absolute atomic E-state index is 12.3. The smallest absolute Gasteiger partial charge is 0.256 e. The van der Waals surface area contributed by atoms with Crippen molar-refractivity contribution < 1.29 is 4.79 Å². The molecule has 0 radical (unpaired) electrons. The summed E-state index contributed by atoms with van der Waals surface area (Å²) in [5.74, 6) is -0.339. The Balaban J connectivity index is 2.38. The molecule has 2 nitrogen and oxygen atoms in total. The Bertz CT molecular complexity index is 688. The average Bonchev–Trinajstić information content (AvgIpc) is 2.41. The Morgan fingerprint density at radius 3 is 2.55 bits per heavy atom. The van der Waals surface area contributed by atoms with Crippen LogP contribution in [0.15, 0.2) is 34.8 Å². The lowest BCUT2D eigenvalue weighted by atomic mass is 10.2. The van der Waals surface area contributed by atoms with Crippen LogP contribution in [-0.4, -0.2) is 5.91 Å². The van der Waals surface area contributed by atoms with Crippen LogP contribution < -0.4 is 5.32 Å². The number of aryl methyl sites for hydroxylation is 1. The third-order valence-corrected chi connectivity index (χ3v) is 4.42. The van der Waals surface area contributed by atoms with Crippen molar-refractivity contribution in [2.75, 3.05) is 5.32 Å². The summed E-state index contributed by atoms with van der Waals surface area (Å²) >= 11 is 21.4. The molecule has 0 atom stereocenters. The number of hydrogen-bond acceptors (Lipinski definition) is 1. The van der Waals surface area contributed by atoms with Gasteiger partial charge in [-0.2, -0.15) is 0 Å². The van der Waals surface area contributed by atoms with Crippen LogP contribution in [0.5, 0.6) is 0 Å². The van der Waals surface area contributed by atoms with Crippen LogP contribution in [0.1, 0.15) is 15.9 Å². The lowest BCUT2D eigenvalue weighted by molar-refractivity contribution is 0.102. The van der Waals surface area contributed by atoms with Gasteiger partial charge in [0.2, 0.25) is 0 Å².